The zero-order valence-electron chi connectivity index (χ0n) is 17.6. The SMILES string of the molecule is CCCc1nnc(NC(=O)CSc2nnc(COc3c(C)cccc3C)n2CC)s1. The van der Waals surface area contributed by atoms with Crippen LogP contribution in [0, 0.1) is 13.8 Å². The Morgan fingerprint density at radius 1 is 1.17 bits per heavy atom. The molecule has 30 heavy (non-hydrogen) atoms. The summed E-state index contributed by atoms with van der Waals surface area (Å²) in [5.41, 5.74) is 2.17. The molecule has 1 amide bonds. The molecule has 3 rings (SSSR count). The van der Waals surface area contributed by atoms with Gasteiger partial charge in [-0.15, -0.1) is 20.4 Å². The summed E-state index contributed by atoms with van der Waals surface area (Å²) < 4.78 is 7.98. The van der Waals surface area contributed by atoms with Crippen LogP contribution in [0.5, 0.6) is 5.75 Å². The first kappa shape index (κ1) is 22.2. The minimum atomic E-state index is -0.141. The van der Waals surface area contributed by atoms with Crippen LogP contribution in [0.2, 0.25) is 0 Å². The summed E-state index contributed by atoms with van der Waals surface area (Å²) in [5.74, 6) is 1.68. The van der Waals surface area contributed by atoms with E-state index in [4.69, 9.17) is 4.74 Å². The van der Waals surface area contributed by atoms with Gasteiger partial charge in [-0.25, -0.2) is 0 Å². The lowest BCUT2D eigenvalue weighted by molar-refractivity contribution is -0.113. The molecule has 0 unspecified atom stereocenters. The number of hydrogen-bond donors (Lipinski definition) is 1. The van der Waals surface area contributed by atoms with Crippen LogP contribution >= 0.6 is 23.1 Å². The molecular weight excluding hydrogens is 420 g/mol. The maximum absolute atomic E-state index is 12.3. The summed E-state index contributed by atoms with van der Waals surface area (Å²) in [7, 11) is 0. The fourth-order valence-electron chi connectivity index (χ4n) is 2.92. The molecule has 2 aromatic heterocycles. The second-order valence-electron chi connectivity index (χ2n) is 6.74. The van der Waals surface area contributed by atoms with Crippen molar-refractivity contribution in [2.45, 2.75) is 58.8 Å². The van der Waals surface area contributed by atoms with Gasteiger partial charge in [-0.2, -0.15) is 0 Å². The number of benzene rings is 1. The number of aromatic nitrogens is 5. The highest BCUT2D eigenvalue weighted by Gasteiger charge is 2.15. The van der Waals surface area contributed by atoms with Crippen molar-refractivity contribution >= 4 is 34.1 Å². The number of aryl methyl sites for hydroxylation is 3. The fraction of sp³-hybridized carbons (Fsp3) is 0.450. The molecule has 10 heteroatoms. The van der Waals surface area contributed by atoms with E-state index in [1.54, 1.807) is 0 Å². The van der Waals surface area contributed by atoms with Crippen LogP contribution in [0.3, 0.4) is 0 Å². The second-order valence-corrected chi connectivity index (χ2v) is 8.75. The molecule has 2 heterocycles. The first-order valence-electron chi connectivity index (χ1n) is 9.87. The molecule has 0 aliphatic heterocycles. The lowest BCUT2D eigenvalue weighted by Crippen LogP contribution is -2.14. The Hall–Kier alpha value is -2.46. The largest absolute Gasteiger partial charge is 0.485 e. The third-order valence-corrected chi connectivity index (χ3v) is 6.24. The molecule has 3 aromatic rings. The number of anilines is 1. The van der Waals surface area contributed by atoms with Crippen molar-refractivity contribution in [3.63, 3.8) is 0 Å². The number of ether oxygens (including phenoxy) is 1. The Labute approximate surface area is 184 Å². The predicted octanol–water partition coefficient (Wildman–Crippen LogP) is 4.03. The van der Waals surface area contributed by atoms with E-state index in [1.165, 1.54) is 23.1 Å². The van der Waals surface area contributed by atoms with E-state index in [0.29, 0.717) is 23.4 Å². The van der Waals surface area contributed by atoms with Gasteiger partial charge in [0.2, 0.25) is 11.0 Å². The van der Waals surface area contributed by atoms with Crippen LogP contribution in [0.4, 0.5) is 5.13 Å². The number of para-hydroxylation sites is 1. The van der Waals surface area contributed by atoms with Gasteiger partial charge < -0.3 is 9.30 Å². The standard InChI is InChI=1S/C20H26N6O2S2/c1-5-8-17-23-24-19(30-17)21-16(27)12-29-20-25-22-15(26(20)6-2)11-28-18-13(3)9-7-10-14(18)4/h7,9-10H,5-6,8,11-12H2,1-4H3,(H,21,24,27). The maximum Gasteiger partial charge on any atom is 0.236 e. The third-order valence-electron chi connectivity index (χ3n) is 4.37. The number of nitrogens with zero attached hydrogens (tertiary/aromatic N) is 5. The van der Waals surface area contributed by atoms with E-state index in [2.05, 4.69) is 32.6 Å². The molecule has 1 aromatic carbocycles. The molecule has 8 nitrogen and oxygen atoms in total. The van der Waals surface area contributed by atoms with E-state index in [1.807, 2.05) is 43.5 Å². The van der Waals surface area contributed by atoms with Crippen LogP contribution < -0.4 is 10.1 Å². The first-order valence-corrected chi connectivity index (χ1v) is 11.7. The van der Waals surface area contributed by atoms with E-state index < -0.39 is 0 Å². The van der Waals surface area contributed by atoms with Crippen LogP contribution in [0.15, 0.2) is 23.4 Å². The van der Waals surface area contributed by atoms with E-state index in [-0.39, 0.29) is 11.7 Å². The smallest absolute Gasteiger partial charge is 0.236 e. The molecule has 0 bridgehead atoms. The van der Waals surface area contributed by atoms with Crippen molar-refractivity contribution in [3.8, 4) is 5.75 Å². The van der Waals surface area contributed by atoms with Gasteiger partial charge in [-0.3, -0.25) is 10.1 Å². The summed E-state index contributed by atoms with van der Waals surface area (Å²) >= 11 is 2.76. The van der Waals surface area contributed by atoms with Gasteiger partial charge in [0.1, 0.15) is 17.4 Å². The van der Waals surface area contributed by atoms with Gasteiger partial charge in [0, 0.05) is 13.0 Å². The summed E-state index contributed by atoms with van der Waals surface area (Å²) in [4.78, 5) is 12.3. The zero-order valence-corrected chi connectivity index (χ0v) is 19.3. The number of thioether (sulfide) groups is 1. The van der Waals surface area contributed by atoms with E-state index in [0.717, 1.165) is 40.6 Å². The molecule has 0 spiro atoms. The Morgan fingerprint density at radius 3 is 2.63 bits per heavy atom. The Balaban J connectivity index is 1.57. The average molecular weight is 447 g/mol. The number of rotatable bonds is 10. The van der Waals surface area contributed by atoms with Gasteiger partial charge in [0.05, 0.1) is 5.75 Å². The van der Waals surface area contributed by atoms with Crippen molar-refractivity contribution in [1.82, 2.24) is 25.0 Å². The minimum Gasteiger partial charge on any atom is -0.485 e. The van der Waals surface area contributed by atoms with Crippen LogP contribution in [-0.4, -0.2) is 36.6 Å². The van der Waals surface area contributed by atoms with Crippen molar-refractivity contribution in [3.05, 3.63) is 40.2 Å². The number of carbonyl (C=O) groups is 1. The van der Waals surface area contributed by atoms with Gasteiger partial charge in [-0.1, -0.05) is 48.2 Å². The highest BCUT2D eigenvalue weighted by Crippen LogP contribution is 2.24. The number of amides is 1. The monoisotopic (exact) mass is 446 g/mol. The number of hydrogen-bond acceptors (Lipinski definition) is 8. The van der Waals surface area contributed by atoms with Crippen molar-refractivity contribution in [2.24, 2.45) is 0 Å². The Kier molecular flexibility index (Phi) is 7.81. The summed E-state index contributed by atoms with van der Waals surface area (Å²) in [5, 5.41) is 21.5. The lowest BCUT2D eigenvalue weighted by atomic mass is 10.1. The molecule has 0 atom stereocenters. The molecule has 0 saturated heterocycles. The number of nitrogens with one attached hydrogen (secondary N) is 1. The minimum absolute atomic E-state index is 0.141. The molecule has 1 N–H and O–H groups in total. The van der Waals surface area contributed by atoms with E-state index >= 15 is 0 Å². The summed E-state index contributed by atoms with van der Waals surface area (Å²) in [6.07, 6.45) is 1.87. The Bertz CT molecular complexity index is 981. The quantitative estimate of drug-likeness (QED) is 0.470. The van der Waals surface area contributed by atoms with Gasteiger partial charge >= 0.3 is 0 Å². The molecule has 0 saturated carbocycles. The second kappa shape index (κ2) is 10.5. The van der Waals surface area contributed by atoms with Gasteiger partial charge in [-0.05, 0) is 38.3 Å². The molecule has 0 radical (unpaired) electrons. The predicted molar refractivity (Wildman–Crippen MR) is 119 cm³/mol. The topological polar surface area (TPSA) is 94.8 Å². The molecule has 160 valence electrons. The maximum atomic E-state index is 12.3. The van der Waals surface area contributed by atoms with Crippen molar-refractivity contribution < 1.29 is 9.53 Å². The molecule has 0 aliphatic rings. The lowest BCUT2D eigenvalue weighted by Gasteiger charge is -2.12. The first-order chi connectivity index (χ1) is 14.5. The summed E-state index contributed by atoms with van der Waals surface area (Å²) in [6, 6.07) is 6.06. The summed E-state index contributed by atoms with van der Waals surface area (Å²) in [6.45, 7) is 9.17. The number of carbonyl (C=O) groups excluding carboxylic acids is 1. The normalized spacial score (nSPS) is 10.9. The van der Waals surface area contributed by atoms with Crippen LogP contribution in [-0.2, 0) is 24.4 Å². The van der Waals surface area contributed by atoms with Crippen molar-refractivity contribution in [2.75, 3.05) is 11.1 Å². The van der Waals surface area contributed by atoms with Crippen LogP contribution in [0.25, 0.3) is 0 Å². The molecule has 0 fully saturated rings. The van der Waals surface area contributed by atoms with E-state index in [9.17, 15) is 4.79 Å². The van der Waals surface area contributed by atoms with Gasteiger partial charge in [0.25, 0.3) is 0 Å². The highest BCUT2D eigenvalue weighted by atomic mass is 32.2. The highest BCUT2D eigenvalue weighted by molar-refractivity contribution is 7.99. The third kappa shape index (κ3) is 5.57. The van der Waals surface area contributed by atoms with Crippen LogP contribution in [0.1, 0.15) is 42.2 Å². The zero-order chi connectivity index (χ0) is 21.5. The van der Waals surface area contributed by atoms with Crippen molar-refractivity contribution in [1.29, 1.82) is 0 Å². The molecule has 0 aliphatic carbocycles. The molecular formula is C20H26N6O2S2. The average Bonchev–Trinajstić information content (AvgIpc) is 3.32. The van der Waals surface area contributed by atoms with Gasteiger partial charge in [0.15, 0.2) is 11.0 Å². The fourth-order valence-corrected chi connectivity index (χ4v) is 4.60. The Morgan fingerprint density at radius 2 is 1.93 bits per heavy atom.